The number of nitrogens with one attached hydrogen (secondary N) is 1. The van der Waals surface area contributed by atoms with Crippen LogP contribution in [-0.4, -0.2) is 17.5 Å². The first-order valence-electron chi connectivity index (χ1n) is 8.41. The second kappa shape index (κ2) is 9.41. The summed E-state index contributed by atoms with van der Waals surface area (Å²) in [5.41, 5.74) is 0.718. The minimum Gasteiger partial charge on any atom is -0.453 e. The van der Waals surface area contributed by atoms with Gasteiger partial charge in [0.2, 0.25) is 5.91 Å². The van der Waals surface area contributed by atoms with Crippen LogP contribution < -0.4 is 14.8 Å². The summed E-state index contributed by atoms with van der Waals surface area (Å²) in [7, 11) is 0. The number of rotatable bonds is 7. The Kier molecular flexibility index (Phi) is 6.47. The summed E-state index contributed by atoms with van der Waals surface area (Å²) in [6.07, 6.45) is 5.63. The van der Waals surface area contributed by atoms with Crippen molar-refractivity contribution < 1.29 is 27.4 Å². The Morgan fingerprint density at radius 3 is 2.62 bits per heavy atom. The third-order valence-electron chi connectivity index (χ3n) is 3.57. The molecule has 0 saturated carbocycles. The molecule has 0 aliphatic rings. The van der Waals surface area contributed by atoms with Crippen molar-refractivity contribution in [3.05, 3.63) is 84.4 Å². The molecule has 8 heteroatoms. The number of hydrogen-bond donors (Lipinski definition) is 1. The molecule has 1 heterocycles. The predicted molar refractivity (Wildman–Crippen MR) is 101 cm³/mol. The van der Waals surface area contributed by atoms with Gasteiger partial charge in [0.1, 0.15) is 11.5 Å². The van der Waals surface area contributed by atoms with Gasteiger partial charge in [-0.2, -0.15) is 8.78 Å². The predicted octanol–water partition coefficient (Wildman–Crippen LogP) is 5.27. The lowest BCUT2D eigenvalue weighted by Gasteiger charge is -2.07. The van der Waals surface area contributed by atoms with E-state index < -0.39 is 18.3 Å². The van der Waals surface area contributed by atoms with E-state index in [-0.39, 0.29) is 17.2 Å². The summed E-state index contributed by atoms with van der Waals surface area (Å²) in [6.45, 7) is -2.96. The van der Waals surface area contributed by atoms with Crippen LogP contribution in [0.25, 0.3) is 6.08 Å². The van der Waals surface area contributed by atoms with Crippen LogP contribution in [0.5, 0.6) is 17.2 Å². The van der Waals surface area contributed by atoms with Gasteiger partial charge in [0.15, 0.2) is 11.6 Å². The van der Waals surface area contributed by atoms with Crippen LogP contribution in [0, 0.1) is 5.82 Å². The number of ether oxygens (including phenoxy) is 2. The molecule has 3 aromatic rings. The Bertz CT molecular complexity index is 1010. The normalized spacial score (nSPS) is 10.9. The number of pyridine rings is 1. The first-order valence-corrected chi connectivity index (χ1v) is 8.41. The van der Waals surface area contributed by atoms with Crippen molar-refractivity contribution in [3.63, 3.8) is 0 Å². The van der Waals surface area contributed by atoms with E-state index in [1.165, 1.54) is 54.7 Å². The van der Waals surface area contributed by atoms with E-state index in [1.54, 1.807) is 24.4 Å². The Labute approximate surface area is 164 Å². The lowest BCUT2D eigenvalue weighted by atomic mass is 10.2. The Balaban J connectivity index is 1.62. The molecule has 0 unspecified atom stereocenters. The fraction of sp³-hybridized carbons (Fsp3) is 0.0476. The van der Waals surface area contributed by atoms with Crippen molar-refractivity contribution in [2.45, 2.75) is 6.61 Å². The molecular formula is C21H15F3N2O3. The maximum atomic E-state index is 14.2. The molecular weight excluding hydrogens is 385 g/mol. The largest absolute Gasteiger partial charge is 0.453 e. The molecule has 148 valence electrons. The van der Waals surface area contributed by atoms with Crippen LogP contribution in [0.4, 0.5) is 18.9 Å². The van der Waals surface area contributed by atoms with Crippen molar-refractivity contribution in [2.75, 3.05) is 5.32 Å². The quantitative estimate of drug-likeness (QED) is 0.549. The standard InChI is InChI=1S/C21H15F3N2O3/c22-18-11-14(6-8-19(18)28-17-5-2-10-25-13-17)7-9-20(27)26-15-3-1-4-16(12-15)29-21(23)24/h1-13,21H,(H,26,27)/b9-7+. The van der Waals surface area contributed by atoms with Crippen LogP contribution in [-0.2, 0) is 4.79 Å². The molecule has 5 nitrogen and oxygen atoms in total. The molecule has 0 aliphatic heterocycles. The molecule has 29 heavy (non-hydrogen) atoms. The highest BCUT2D eigenvalue weighted by atomic mass is 19.3. The molecule has 0 spiro atoms. The van der Waals surface area contributed by atoms with Gasteiger partial charge in [-0.15, -0.1) is 0 Å². The van der Waals surface area contributed by atoms with E-state index in [0.717, 1.165) is 0 Å². The van der Waals surface area contributed by atoms with Crippen LogP contribution >= 0.6 is 0 Å². The number of carbonyl (C=O) groups excluding carboxylic acids is 1. The summed E-state index contributed by atoms with van der Waals surface area (Å²) in [6, 6.07) is 13.1. The highest BCUT2D eigenvalue weighted by molar-refractivity contribution is 6.02. The van der Waals surface area contributed by atoms with Gasteiger partial charge < -0.3 is 14.8 Å². The number of aromatic nitrogens is 1. The van der Waals surface area contributed by atoms with Gasteiger partial charge in [-0.05, 0) is 48.0 Å². The van der Waals surface area contributed by atoms with Gasteiger partial charge >= 0.3 is 6.61 Å². The summed E-state index contributed by atoms with van der Waals surface area (Å²) in [4.78, 5) is 15.9. The van der Waals surface area contributed by atoms with Crippen molar-refractivity contribution in [2.24, 2.45) is 0 Å². The second-order valence-corrected chi connectivity index (χ2v) is 5.71. The van der Waals surface area contributed by atoms with E-state index in [4.69, 9.17) is 4.74 Å². The zero-order valence-electron chi connectivity index (χ0n) is 14.9. The van der Waals surface area contributed by atoms with Gasteiger partial charge in [-0.25, -0.2) is 4.39 Å². The highest BCUT2D eigenvalue weighted by Gasteiger charge is 2.07. The molecule has 1 amide bonds. The number of carbonyl (C=O) groups is 1. The van der Waals surface area contributed by atoms with E-state index in [0.29, 0.717) is 11.3 Å². The smallest absolute Gasteiger partial charge is 0.387 e. The molecule has 1 N–H and O–H groups in total. The summed E-state index contributed by atoms with van der Waals surface area (Å²) >= 11 is 0. The number of anilines is 1. The van der Waals surface area contributed by atoms with Gasteiger partial charge in [0.25, 0.3) is 0 Å². The van der Waals surface area contributed by atoms with Crippen LogP contribution in [0.2, 0.25) is 0 Å². The number of amides is 1. The SMILES string of the molecule is O=C(/C=C/c1ccc(Oc2cccnc2)c(F)c1)Nc1cccc(OC(F)F)c1. The average Bonchev–Trinajstić information content (AvgIpc) is 2.69. The van der Waals surface area contributed by atoms with Gasteiger partial charge in [0.05, 0.1) is 6.20 Å². The van der Waals surface area contributed by atoms with Gasteiger partial charge in [-0.3, -0.25) is 9.78 Å². The fourth-order valence-corrected chi connectivity index (χ4v) is 2.34. The van der Waals surface area contributed by atoms with Crippen LogP contribution in [0.3, 0.4) is 0 Å². The molecule has 1 aromatic heterocycles. The molecule has 3 rings (SSSR count). The molecule has 2 aromatic carbocycles. The fourth-order valence-electron chi connectivity index (χ4n) is 2.34. The van der Waals surface area contributed by atoms with E-state index in [1.807, 2.05) is 0 Å². The third kappa shape index (κ3) is 6.10. The Morgan fingerprint density at radius 2 is 1.90 bits per heavy atom. The van der Waals surface area contributed by atoms with E-state index in [2.05, 4.69) is 15.0 Å². The average molecular weight is 400 g/mol. The number of halogens is 3. The monoisotopic (exact) mass is 400 g/mol. The van der Waals surface area contributed by atoms with Crippen molar-refractivity contribution in [3.8, 4) is 17.2 Å². The molecule has 0 aliphatic carbocycles. The summed E-state index contributed by atoms with van der Waals surface area (Å²) in [5, 5.41) is 2.51. The minimum atomic E-state index is -2.96. The number of hydrogen-bond acceptors (Lipinski definition) is 4. The maximum Gasteiger partial charge on any atom is 0.387 e. The van der Waals surface area contributed by atoms with Crippen LogP contribution in [0.1, 0.15) is 5.56 Å². The first kappa shape index (κ1) is 19.9. The number of alkyl halides is 2. The summed E-state index contributed by atoms with van der Waals surface area (Å²) < 4.78 is 48.4. The lowest BCUT2D eigenvalue weighted by molar-refractivity contribution is -0.111. The summed E-state index contributed by atoms with van der Waals surface area (Å²) in [5.74, 6) is -0.779. The van der Waals surface area contributed by atoms with Crippen molar-refractivity contribution in [1.29, 1.82) is 0 Å². The zero-order valence-corrected chi connectivity index (χ0v) is 14.9. The van der Waals surface area contributed by atoms with Gasteiger partial charge in [0, 0.05) is 24.0 Å². The second-order valence-electron chi connectivity index (χ2n) is 5.71. The topological polar surface area (TPSA) is 60.5 Å². The zero-order chi connectivity index (χ0) is 20.6. The molecule has 0 bridgehead atoms. The maximum absolute atomic E-state index is 14.2. The lowest BCUT2D eigenvalue weighted by Crippen LogP contribution is -2.08. The minimum absolute atomic E-state index is 0.0236. The van der Waals surface area contributed by atoms with Crippen LogP contribution in [0.15, 0.2) is 73.1 Å². The Morgan fingerprint density at radius 1 is 1.07 bits per heavy atom. The molecule has 0 saturated heterocycles. The van der Waals surface area contributed by atoms with Crippen molar-refractivity contribution >= 4 is 17.7 Å². The van der Waals surface area contributed by atoms with E-state index in [9.17, 15) is 18.0 Å². The Hall–Kier alpha value is -3.81. The molecule has 0 radical (unpaired) electrons. The molecule has 0 fully saturated rings. The van der Waals surface area contributed by atoms with Crippen molar-refractivity contribution in [1.82, 2.24) is 4.98 Å². The van der Waals surface area contributed by atoms with E-state index >= 15 is 0 Å². The number of nitrogens with zero attached hydrogens (tertiary/aromatic N) is 1. The highest BCUT2D eigenvalue weighted by Crippen LogP contribution is 2.25. The third-order valence-corrected chi connectivity index (χ3v) is 3.57. The molecule has 0 atom stereocenters. The van der Waals surface area contributed by atoms with Gasteiger partial charge in [-0.1, -0.05) is 12.1 Å². The first-order chi connectivity index (χ1) is 14.0. The number of benzene rings is 2.